The molecule has 0 aliphatic carbocycles. The molecule has 0 saturated heterocycles. The number of ether oxygens (including phenoxy) is 1. The van der Waals surface area contributed by atoms with Gasteiger partial charge in [-0.3, -0.25) is 4.99 Å². The summed E-state index contributed by atoms with van der Waals surface area (Å²) in [5.41, 5.74) is 6.45. The van der Waals surface area contributed by atoms with Crippen LogP contribution in [0.1, 0.15) is 36.0 Å². The van der Waals surface area contributed by atoms with Gasteiger partial charge in [0.15, 0.2) is 0 Å². The summed E-state index contributed by atoms with van der Waals surface area (Å²) in [5, 5.41) is 9.32. The first-order valence-corrected chi connectivity index (χ1v) is 9.98. The van der Waals surface area contributed by atoms with Crippen LogP contribution in [-0.2, 0) is 6.42 Å². The van der Waals surface area contributed by atoms with Gasteiger partial charge in [-0.25, -0.2) is 0 Å². The van der Waals surface area contributed by atoms with Crippen LogP contribution in [-0.4, -0.2) is 13.3 Å². The molecule has 2 atom stereocenters. The van der Waals surface area contributed by atoms with Crippen molar-refractivity contribution in [2.24, 2.45) is 10.9 Å². The van der Waals surface area contributed by atoms with Crippen molar-refractivity contribution in [1.29, 1.82) is 5.26 Å². The van der Waals surface area contributed by atoms with Gasteiger partial charge in [-0.15, -0.1) is 0 Å². The Kier molecular flexibility index (Phi) is 5.44. The van der Waals surface area contributed by atoms with Gasteiger partial charge in [0.1, 0.15) is 11.8 Å². The van der Waals surface area contributed by atoms with Crippen molar-refractivity contribution in [1.82, 2.24) is 0 Å². The largest absolute Gasteiger partial charge is 0.495 e. The monoisotopic (exact) mass is 380 g/mol. The van der Waals surface area contributed by atoms with E-state index in [1.54, 1.807) is 7.11 Å². The normalized spacial score (nSPS) is 17.8. The van der Waals surface area contributed by atoms with E-state index in [2.05, 4.69) is 72.7 Å². The summed E-state index contributed by atoms with van der Waals surface area (Å²) in [7, 11) is 1.59. The van der Waals surface area contributed by atoms with Crippen molar-refractivity contribution in [3.63, 3.8) is 0 Å². The molecule has 3 aromatic carbocycles. The first-order valence-electron chi connectivity index (χ1n) is 9.98. The molecule has 0 N–H and O–H groups in total. The van der Waals surface area contributed by atoms with Gasteiger partial charge < -0.3 is 4.74 Å². The van der Waals surface area contributed by atoms with Crippen LogP contribution in [0.3, 0.4) is 0 Å². The Hall–Kier alpha value is -3.38. The number of hydrogen-bond acceptors (Lipinski definition) is 3. The zero-order valence-electron chi connectivity index (χ0n) is 16.8. The van der Waals surface area contributed by atoms with Crippen LogP contribution in [0.5, 0.6) is 5.75 Å². The zero-order chi connectivity index (χ0) is 20.2. The van der Waals surface area contributed by atoms with E-state index in [9.17, 15) is 5.26 Å². The highest BCUT2D eigenvalue weighted by molar-refractivity contribution is 5.68. The van der Waals surface area contributed by atoms with Gasteiger partial charge in [0.05, 0.1) is 18.4 Å². The summed E-state index contributed by atoms with van der Waals surface area (Å²) in [4.78, 5) is 4.65. The molecule has 0 bridgehead atoms. The van der Waals surface area contributed by atoms with Gasteiger partial charge >= 0.3 is 0 Å². The maximum absolute atomic E-state index is 9.32. The van der Waals surface area contributed by atoms with Gasteiger partial charge in [-0.2, -0.15) is 5.26 Å². The Labute approximate surface area is 172 Å². The molecule has 0 saturated carbocycles. The number of hydrogen-bond donors (Lipinski definition) is 0. The maximum atomic E-state index is 9.32. The highest BCUT2D eigenvalue weighted by Crippen LogP contribution is 2.37. The molecule has 4 rings (SSSR count). The second kappa shape index (κ2) is 8.32. The standard InChI is InChI=1S/C26H24N2O/c1-18-21(13-14-28-25-6-4-3-5-24(18)25)15-19-7-9-20(10-8-19)22-11-12-26(29-2)23(16-22)17-27/h3-12,14,16,18,21H,13,15H2,1-2H3. The Morgan fingerprint density at radius 2 is 1.79 bits per heavy atom. The van der Waals surface area contributed by atoms with Crippen LogP contribution < -0.4 is 4.74 Å². The van der Waals surface area contributed by atoms with Crippen molar-refractivity contribution in [3.8, 4) is 22.9 Å². The molecular weight excluding hydrogens is 356 g/mol. The summed E-state index contributed by atoms with van der Waals surface area (Å²) in [6, 6.07) is 25.1. The average Bonchev–Trinajstić information content (AvgIpc) is 2.93. The number of nitriles is 1. The van der Waals surface area contributed by atoms with Crippen LogP contribution in [0.25, 0.3) is 11.1 Å². The fourth-order valence-electron chi connectivity index (χ4n) is 4.11. The zero-order valence-corrected chi connectivity index (χ0v) is 16.8. The Morgan fingerprint density at radius 1 is 1.03 bits per heavy atom. The third kappa shape index (κ3) is 3.93. The van der Waals surface area contributed by atoms with Gasteiger partial charge in [-0.05, 0) is 65.1 Å². The van der Waals surface area contributed by atoms with Crippen LogP contribution in [0.2, 0.25) is 0 Å². The number of nitrogens with zero attached hydrogens (tertiary/aromatic N) is 2. The maximum Gasteiger partial charge on any atom is 0.136 e. The predicted octanol–water partition coefficient (Wildman–Crippen LogP) is 6.30. The molecule has 29 heavy (non-hydrogen) atoms. The van der Waals surface area contributed by atoms with E-state index >= 15 is 0 Å². The van der Waals surface area contributed by atoms with Crippen LogP contribution in [0.4, 0.5) is 5.69 Å². The topological polar surface area (TPSA) is 45.4 Å². The van der Waals surface area contributed by atoms with E-state index in [0.29, 0.717) is 23.1 Å². The Bertz CT molecular complexity index is 1080. The fourth-order valence-corrected chi connectivity index (χ4v) is 4.11. The highest BCUT2D eigenvalue weighted by atomic mass is 16.5. The number of rotatable bonds is 4. The summed E-state index contributed by atoms with van der Waals surface area (Å²) < 4.78 is 5.24. The third-order valence-corrected chi connectivity index (χ3v) is 5.88. The highest BCUT2D eigenvalue weighted by Gasteiger charge is 2.23. The van der Waals surface area contributed by atoms with E-state index in [1.165, 1.54) is 11.1 Å². The van der Waals surface area contributed by atoms with Crippen molar-refractivity contribution in [2.45, 2.75) is 25.7 Å². The lowest BCUT2D eigenvalue weighted by atomic mass is 9.81. The molecule has 0 fully saturated rings. The molecule has 0 radical (unpaired) electrons. The van der Waals surface area contributed by atoms with Gasteiger partial charge in [0.25, 0.3) is 0 Å². The van der Waals surface area contributed by atoms with Crippen LogP contribution in [0, 0.1) is 17.2 Å². The smallest absolute Gasteiger partial charge is 0.136 e. The second-order valence-electron chi connectivity index (χ2n) is 7.58. The van der Waals surface area contributed by atoms with Crippen molar-refractivity contribution in [2.75, 3.05) is 7.11 Å². The number of methoxy groups -OCH3 is 1. The lowest BCUT2D eigenvalue weighted by Crippen LogP contribution is -2.12. The van der Waals surface area contributed by atoms with Gasteiger partial charge in [0.2, 0.25) is 0 Å². The minimum atomic E-state index is 0.466. The molecule has 3 heteroatoms. The minimum absolute atomic E-state index is 0.466. The molecule has 1 heterocycles. The summed E-state index contributed by atoms with van der Waals surface area (Å²) in [6.07, 6.45) is 4.08. The van der Waals surface area contributed by atoms with Crippen molar-refractivity contribution >= 4 is 11.9 Å². The second-order valence-corrected chi connectivity index (χ2v) is 7.58. The number of benzene rings is 3. The van der Waals surface area contributed by atoms with E-state index in [1.807, 2.05) is 18.2 Å². The third-order valence-electron chi connectivity index (χ3n) is 5.88. The Morgan fingerprint density at radius 3 is 2.55 bits per heavy atom. The van der Waals surface area contributed by atoms with Crippen LogP contribution >= 0.6 is 0 Å². The molecule has 3 nitrogen and oxygen atoms in total. The predicted molar refractivity (Wildman–Crippen MR) is 118 cm³/mol. The molecule has 2 unspecified atom stereocenters. The molecule has 0 amide bonds. The number of aliphatic imine (C=N–C) groups is 1. The summed E-state index contributed by atoms with van der Waals surface area (Å²) in [6.45, 7) is 2.31. The molecular formula is C26H24N2O. The van der Waals surface area contributed by atoms with E-state index in [4.69, 9.17) is 4.74 Å². The first-order chi connectivity index (χ1) is 14.2. The minimum Gasteiger partial charge on any atom is -0.495 e. The lowest BCUT2D eigenvalue weighted by molar-refractivity contribution is 0.413. The molecule has 0 spiro atoms. The quantitative estimate of drug-likeness (QED) is 0.533. The van der Waals surface area contributed by atoms with Crippen molar-refractivity contribution < 1.29 is 4.74 Å². The molecule has 1 aliphatic rings. The molecule has 144 valence electrons. The summed E-state index contributed by atoms with van der Waals surface area (Å²) >= 11 is 0. The lowest BCUT2D eigenvalue weighted by Gasteiger charge is -2.22. The molecule has 0 aromatic heterocycles. The molecule has 3 aromatic rings. The van der Waals surface area contributed by atoms with Crippen LogP contribution in [0.15, 0.2) is 71.7 Å². The fraction of sp³-hybridized carbons (Fsp3) is 0.231. The SMILES string of the molecule is COc1ccc(-c2ccc(CC3CC=Nc4ccccc4C3C)cc2)cc1C#N. The van der Waals surface area contributed by atoms with Gasteiger partial charge in [-0.1, -0.05) is 55.5 Å². The number of fused-ring (bicyclic) bond motifs is 1. The van der Waals surface area contributed by atoms with Crippen molar-refractivity contribution in [3.05, 3.63) is 83.4 Å². The van der Waals surface area contributed by atoms with Gasteiger partial charge in [0, 0.05) is 6.21 Å². The van der Waals surface area contributed by atoms with E-state index in [-0.39, 0.29) is 0 Å². The molecule has 1 aliphatic heterocycles. The average molecular weight is 380 g/mol. The number of para-hydroxylation sites is 1. The first kappa shape index (κ1) is 19.0. The Balaban J connectivity index is 1.53. The van der Waals surface area contributed by atoms with E-state index < -0.39 is 0 Å². The van der Waals surface area contributed by atoms with E-state index in [0.717, 1.165) is 29.7 Å². The summed E-state index contributed by atoms with van der Waals surface area (Å²) in [5.74, 6) is 1.60.